The normalized spacial score (nSPS) is 14.2. The molecule has 0 bridgehead atoms. The van der Waals surface area contributed by atoms with E-state index in [0.717, 1.165) is 35.2 Å². The van der Waals surface area contributed by atoms with Crippen LogP contribution >= 0.6 is 15.9 Å². The quantitative estimate of drug-likeness (QED) is 0.656. The number of anilines is 1. The Kier molecular flexibility index (Phi) is 3.30. The zero-order valence-corrected chi connectivity index (χ0v) is 13.3. The van der Waals surface area contributed by atoms with Crippen LogP contribution in [0.15, 0.2) is 47.2 Å². The fourth-order valence-corrected chi connectivity index (χ4v) is 3.40. The first-order chi connectivity index (χ1) is 10.7. The van der Waals surface area contributed by atoms with Crippen molar-refractivity contribution < 1.29 is 4.39 Å². The predicted molar refractivity (Wildman–Crippen MR) is 88.4 cm³/mol. The molecule has 4 rings (SSSR count). The van der Waals surface area contributed by atoms with Crippen LogP contribution < -0.4 is 4.90 Å². The summed E-state index contributed by atoms with van der Waals surface area (Å²) in [5.41, 5.74) is 3.03. The Balaban J connectivity index is 1.78. The monoisotopic (exact) mass is 357 g/mol. The Morgan fingerprint density at radius 3 is 2.91 bits per heavy atom. The molecule has 0 amide bonds. The average molecular weight is 358 g/mol. The third-order valence-electron chi connectivity index (χ3n) is 4.07. The van der Waals surface area contributed by atoms with Gasteiger partial charge in [0.15, 0.2) is 0 Å². The van der Waals surface area contributed by atoms with Gasteiger partial charge in [-0.05, 0) is 41.8 Å². The summed E-state index contributed by atoms with van der Waals surface area (Å²) in [5, 5.41) is 0.767. The van der Waals surface area contributed by atoms with Crippen molar-refractivity contribution in [3.05, 3.63) is 64.1 Å². The van der Waals surface area contributed by atoms with E-state index in [2.05, 4.69) is 49.0 Å². The molecule has 2 heterocycles. The number of rotatable bonds is 1. The third-order valence-corrected chi connectivity index (χ3v) is 4.57. The highest BCUT2D eigenvalue weighted by molar-refractivity contribution is 9.10. The van der Waals surface area contributed by atoms with Gasteiger partial charge >= 0.3 is 0 Å². The first kappa shape index (κ1) is 13.6. The van der Waals surface area contributed by atoms with Crippen molar-refractivity contribution in [2.75, 3.05) is 11.4 Å². The minimum absolute atomic E-state index is 0.303. The summed E-state index contributed by atoms with van der Waals surface area (Å²) in [6.45, 7) is 1.65. The Morgan fingerprint density at radius 1 is 1.09 bits per heavy atom. The third kappa shape index (κ3) is 2.25. The lowest BCUT2D eigenvalue weighted by Crippen LogP contribution is -2.31. The number of hydrogen-bond donors (Lipinski definition) is 0. The van der Waals surface area contributed by atoms with Crippen molar-refractivity contribution in [1.82, 2.24) is 9.97 Å². The maximum atomic E-state index is 13.9. The highest BCUT2D eigenvalue weighted by Crippen LogP contribution is 2.30. The highest BCUT2D eigenvalue weighted by atomic mass is 79.9. The maximum absolute atomic E-state index is 13.9. The molecule has 0 N–H and O–H groups in total. The van der Waals surface area contributed by atoms with Crippen molar-refractivity contribution in [3.8, 4) is 0 Å². The van der Waals surface area contributed by atoms with Crippen LogP contribution in [0.2, 0.25) is 0 Å². The lowest BCUT2D eigenvalue weighted by Gasteiger charge is -2.30. The molecule has 1 aromatic heterocycles. The number of aromatic nitrogens is 2. The van der Waals surface area contributed by atoms with Crippen molar-refractivity contribution in [2.24, 2.45) is 0 Å². The van der Waals surface area contributed by atoms with Crippen LogP contribution in [0.1, 0.15) is 11.1 Å². The zero-order valence-electron chi connectivity index (χ0n) is 11.8. The number of para-hydroxylation sites is 1. The average Bonchev–Trinajstić information content (AvgIpc) is 2.54. The van der Waals surface area contributed by atoms with Crippen LogP contribution in [0.25, 0.3) is 10.9 Å². The van der Waals surface area contributed by atoms with E-state index in [4.69, 9.17) is 0 Å². The van der Waals surface area contributed by atoms with Crippen molar-refractivity contribution in [2.45, 2.75) is 13.0 Å². The molecule has 0 atom stereocenters. The summed E-state index contributed by atoms with van der Waals surface area (Å²) < 4.78 is 15.0. The van der Waals surface area contributed by atoms with Gasteiger partial charge in [-0.25, -0.2) is 14.4 Å². The SMILES string of the molecule is Fc1cccc2c(N3CCc4cc(Br)ccc4C3)ncnc12. The van der Waals surface area contributed by atoms with Crippen molar-refractivity contribution >= 4 is 32.7 Å². The van der Waals surface area contributed by atoms with E-state index in [-0.39, 0.29) is 5.82 Å². The molecule has 5 heteroatoms. The highest BCUT2D eigenvalue weighted by Gasteiger charge is 2.20. The molecule has 0 unspecified atom stereocenters. The number of halogens is 2. The van der Waals surface area contributed by atoms with E-state index in [9.17, 15) is 4.39 Å². The smallest absolute Gasteiger partial charge is 0.149 e. The number of nitrogens with zero attached hydrogens (tertiary/aromatic N) is 3. The zero-order chi connectivity index (χ0) is 15.1. The van der Waals surface area contributed by atoms with Crippen molar-refractivity contribution in [1.29, 1.82) is 0 Å². The molecule has 1 aliphatic heterocycles. The van der Waals surface area contributed by atoms with Gasteiger partial charge in [0, 0.05) is 22.9 Å². The summed E-state index contributed by atoms with van der Waals surface area (Å²) in [5.74, 6) is 0.501. The van der Waals surface area contributed by atoms with Crippen LogP contribution in [-0.2, 0) is 13.0 Å². The van der Waals surface area contributed by atoms with Crippen LogP contribution in [0, 0.1) is 5.82 Å². The van der Waals surface area contributed by atoms with E-state index in [1.54, 1.807) is 6.07 Å². The fraction of sp³-hybridized carbons (Fsp3) is 0.176. The predicted octanol–water partition coefficient (Wildman–Crippen LogP) is 4.09. The van der Waals surface area contributed by atoms with Crippen LogP contribution in [-0.4, -0.2) is 16.5 Å². The van der Waals surface area contributed by atoms with Gasteiger partial charge in [-0.15, -0.1) is 0 Å². The Hall–Kier alpha value is -2.01. The minimum atomic E-state index is -0.303. The molecule has 0 saturated heterocycles. The van der Waals surface area contributed by atoms with Gasteiger partial charge in [0.2, 0.25) is 0 Å². The number of fused-ring (bicyclic) bond motifs is 2. The maximum Gasteiger partial charge on any atom is 0.149 e. The van der Waals surface area contributed by atoms with E-state index in [1.807, 2.05) is 6.07 Å². The van der Waals surface area contributed by atoms with Gasteiger partial charge in [0.05, 0.1) is 0 Å². The molecule has 0 saturated carbocycles. The van der Waals surface area contributed by atoms with Gasteiger partial charge in [-0.3, -0.25) is 0 Å². The topological polar surface area (TPSA) is 29.0 Å². The molecule has 2 aromatic carbocycles. The molecule has 1 aliphatic rings. The largest absolute Gasteiger partial charge is 0.351 e. The second-order valence-electron chi connectivity index (χ2n) is 5.42. The lowest BCUT2D eigenvalue weighted by atomic mass is 9.99. The van der Waals surface area contributed by atoms with E-state index in [0.29, 0.717) is 5.52 Å². The molecule has 110 valence electrons. The van der Waals surface area contributed by atoms with Gasteiger partial charge in [-0.2, -0.15) is 0 Å². The molecular formula is C17H13BrFN3. The number of benzene rings is 2. The van der Waals surface area contributed by atoms with Gasteiger partial charge in [0.1, 0.15) is 23.5 Å². The summed E-state index contributed by atoms with van der Waals surface area (Å²) in [6, 6.07) is 11.4. The van der Waals surface area contributed by atoms with Gasteiger partial charge in [-0.1, -0.05) is 28.1 Å². The van der Waals surface area contributed by atoms with Crippen LogP contribution in [0.5, 0.6) is 0 Å². The molecule has 3 aromatic rings. The van der Waals surface area contributed by atoms with Crippen LogP contribution in [0.4, 0.5) is 10.2 Å². The van der Waals surface area contributed by atoms with Crippen molar-refractivity contribution in [3.63, 3.8) is 0 Å². The molecule has 0 radical (unpaired) electrons. The van der Waals surface area contributed by atoms with E-state index < -0.39 is 0 Å². The minimum Gasteiger partial charge on any atom is -0.351 e. The van der Waals surface area contributed by atoms with Gasteiger partial charge in [0.25, 0.3) is 0 Å². The molecule has 22 heavy (non-hydrogen) atoms. The molecule has 3 nitrogen and oxygen atoms in total. The molecule has 0 fully saturated rings. The first-order valence-electron chi connectivity index (χ1n) is 7.14. The summed E-state index contributed by atoms with van der Waals surface area (Å²) in [6.07, 6.45) is 2.40. The second kappa shape index (κ2) is 5.32. The first-order valence-corrected chi connectivity index (χ1v) is 7.93. The summed E-state index contributed by atoms with van der Waals surface area (Å²) in [4.78, 5) is 10.7. The Labute approximate surface area is 135 Å². The van der Waals surface area contributed by atoms with Crippen LogP contribution in [0.3, 0.4) is 0 Å². The summed E-state index contributed by atoms with van der Waals surface area (Å²) in [7, 11) is 0. The summed E-state index contributed by atoms with van der Waals surface area (Å²) >= 11 is 3.52. The lowest BCUT2D eigenvalue weighted by molar-refractivity contribution is 0.636. The Bertz CT molecular complexity index is 866. The van der Waals surface area contributed by atoms with E-state index >= 15 is 0 Å². The Morgan fingerprint density at radius 2 is 2.00 bits per heavy atom. The fourth-order valence-electron chi connectivity index (χ4n) is 2.99. The van der Waals surface area contributed by atoms with Gasteiger partial charge < -0.3 is 4.90 Å². The second-order valence-corrected chi connectivity index (χ2v) is 6.33. The molecular weight excluding hydrogens is 345 g/mol. The number of hydrogen-bond acceptors (Lipinski definition) is 3. The standard InChI is InChI=1S/C17H13BrFN3/c18-13-5-4-12-9-22(7-6-11(12)8-13)17-14-2-1-3-15(19)16(14)20-10-21-17/h1-5,8,10H,6-7,9H2. The molecule has 0 spiro atoms. The molecule has 0 aliphatic carbocycles. The van der Waals surface area contributed by atoms with E-state index in [1.165, 1.54) is 23.5 Å².